The van der Waals surface area contributed by atoms with E-state index in [0.717, 1.165) is 0 Å². The molecule has 0 bridgehead atoms. The number of carbonyl (C=O) groups is 1. The third kappa shape index (κ3) is 3.48. The van der Waals surface area contributed by atoms with Crippen LogP contribution in [-0.2, 0) is 4.79 Å². The van der Waals surface area contributed by atoms with Gasteiger partial charge in [0.2, 0.25) is 11.7 Å². The lowest BCUT2D eigenvalue weighted by molar-refractivity contribution is -0.122. The summed E-state index contributed by atoms with van der Waals surface area (Å²) in [6.07, 6.45) is 0. The molecule has 1 aromatic rings. The molecule has 1 amide bonds. The molecule has 0 aliphatic carbocycles. The third-order valence-corrected chi connectivity index (χ3v) is 3.54. The van der Waals surface area contributed by atoms with Crippen molar-refractivity contribution in [3.05, 3.63) is 12.1 Å². The molecular weight excluding hydrogens is 282 g/mol. The Balaban J connectivity index is 3.11. The minimum atomic E-state index is -0.665. The van der Waals surface area contributed by atoms with Gasteiger partial charge in [-0.1, -0.05) is 0 Å². The van der Waals surface area contributed by atoms with Crippen LogP contribution in [0, 0.1) is 5.41 Å². The van der Waals surface area contributed by atoms with E-state index in [1.165, 1.54) is 21.3 Å². The summed E-state index contributed by atoms with van der Waals surface area (Å²) >= 11 is 5.79. The second-order valence-electron chi connectivity index (χ2n) is 4.89. The van der Waals surface area contributed by atoms with Crippen molar-refractivity contribution >= 4 is 23.2 Å². The van der Waals surface area contributed by atoms with Gasteiger partial charge in [-0.2, -0.15) is 0 Å². The molecule has 0 aromatic heterocycles. The molecule has 0 heterocycles. The Morgan fingerprint density at radius 1 is 1.15 bits per heavy atom. The number of nitrogens with one attached hydrogen (secondary N) is 1. The maximum absolute atomic E-state index is 12.1. The average molecular weight is 302 g/mol. The van der Waals surface area contributed by atoms with Gasteiger partial charge in [0.05, 0.1) is 26.7 Å². The fraction of sp³-hybridized carbons (Fsp3) is 0.500. The molecule has 112 valence electrons. The van der Waals surface area contributed by atoms with Gasteiger partial charge in [0.1, 0.15) is 0 Å². The topological polar surface area (TPSA) is 56.8 Å². The number of alkyl halides is 1. The lowest BCUT2D eigenvalue weighted by Crippen LogP contribution is -2.32. The molecule has 0 spiro atoms. The molecule has 20 heavy (non-hydrogen) atoms. The van der Waals surface area contributed by atoms with Crippen molar-refractivity contribution in [1.82, 2.24) is 0 Å². The van der Waals surface area contributed by atoms with Crippen LogP contribution < -0.4 is 19.5 Å². The molecule has 0 radical (unpaired) electrons. The molecule has 0 aliphatic heterocycles. The highest BCUT2D eigenvalue weighted by atomic mass is 35.5. The maximum Gasteiger partial charge on any atom is 0.231 e. The van der Waals surface area contributed by atoms with Crippen molar-refractivity contribution in [3.63, 3.8) is 0 Å². The van der Waals surface area contributed by atoms with E-state index >= 15 is 0 Å². The summed E-state index contributed by atoms with van der Waals surface area (Å²) in [4.78, 5) is 12.1. The first-order valence-corrected chi connectivity index (χ1v) is 6.60. The summed E-state index contributed by atoms with van der Waals surface area (Å²) in [5, 5.41) is 2.79. The number of amides is 1. The number of hydrogen-bond acceptors (Lipinski definition) is 4. The molecule has 0 unspecified atom stereocenters. The van der Waals surface area contributed by atoms with Crippen LogP contribution >= 0.6 is 11.6 Å². The summed E-state index contributed by atoms with van der Waals surface area (Å²) < 4.78 is 15.7. The van der Waals surface area contributed by atoms with Crippen LogP contribution in [0.25, 0.3) is 0 Å². The van der Waals surface area contributed by atoms with Gasteiger partial charge in [0, 0.05) is 23.7 Å². The zero-order chi connectivity index (χ0) is 15.3. The number of halogens is 1. The standard InChI is InChI=1S/C14H20ClNO4/c1-14(2,8-15)13(17)16-9-6-10(18-3)12(20-5)11(7-9)19-4/h6-7H,8H2,1-5H3,(H,16,17). The Morgan fingerprint density at radius 2 is 1.65 bits per heavy atom. The third-order valence-electron chi connectivity index (χ3n) is 2.87. The molecule has 0 fully saturated rings. The van der Waals surface area contributed by atoms with Crippen LogP contribution in [-0.4, -0.2) is 33.1 Å². The molecule has 1 rings (SSSR count). The Morgan fingerprint density at radius 3 is 2.00 bits per heavy atom. The van der Waals surface area contributed by atoms with Gasteiger partial charge in [0.25, 0.3) is 0 Å². The average Bonchev–Trinajstić information content (AvgIpc) is 2.45. The fourth-order valence-corrected chi connectivity index (χ4v) is 1.64. The SMILES string of the molecule is COc1cc(NC(=O)C(C)(C)CCl)cc(OC)c1OC. The van der Waals surface area contributed by atoms with E-state index in [9.17, 15) is 4.79 Å². The van der Waals surface area contributed by atoms with Crippen LogP contribution in [0.5, 0.6) is 17.2 Å². The summed E-state index contributed by atoms with van der Waals surface area (Å²) in [7, 11) is 4.56. The molecule has 5 nitrogen and oxygen atoms in total. The lowest BCUT2D eigenvalue weighted by atomic mass is 9.95. The van der Waals surface area contributed by atoms with Crippen LogP contribution in [0.1, 0.15) is 13.8 Å². The Kier molecular flexibility index (Phi) is 5.51. The Bertz CT molecular complexity index is 463. The van der Waals surface area contributed by atoms with Crippen molar-refractivity contribution in [1.29, 1.82) is 0 Å². The number of carbonyl (C=O) groups excluding carboxylic acids is 1. The fourth-order valence-electron chi connectivity index (χ4n) is 1.51. The number of methoxy groups -OCH3 is 3. The van der Waals surface area contributed by atoms with E-state index in [1.807, 2.05) is 0 Å². The molecule has 0 saturated heterocycles. The quantitative estimate of drug-likeness (QED) is 0.821. The zero-order valence-electron chi connectivity index (χ0n) is 12.4. The highest BCUT2D eigenvalue weighted by Crippen LogP contribution is 2.40. The van der Waals surface area contributed by atoms with E-state index in [1.54, 1.807) is 26.0 Å². The first-order chi connectivity index (χ1) is 9.39. The number of rotatable bonds is 6. The largest absolute Gasteiger partial charge is 0.493 e. The number of benzene rings is 1. The van der Waals surface area contributed by atoms with Gasteiger partial charge in [-0.05, 0) is 13.8 Å². The highest BCUT2D eigenvalue weighted by Gasteiger charge is 2.27. The minimum Gasteiger partial charge on any atom is -0.493 e. The molecular formula is C14H20ClNO4. The van der Waals surface area contributed by atoms with Gasteiger partial charge in [-0.25, -0.2) is 0 Å². The minimum absolute atomic E-state index is 0.179. The van der Waals surface area contributed by atoms with Gasteiger partial charge in [0.15, 0.2) is 11.5 Å². The predicted molar refractivity (Wildman–Crippen MR) is 79.2 cm³/mol. The first kappa shape index (κ1) is 16.4. The van der Waals surface area contributed by atoms with Crippen LogP contribution in [0.4, 0.5) is 5.69 Å². The predicted octanol–water partition coefficient (Wildman–Crippen LogP) is 2.92. The molecule has 1 aromatic carbocycles. The van der Waals surface area contributed by atoms with Crippen LogP contribution in [0.15, 0.2) is 12.1 Å². The van der Waals surface area contributed by atoms with E-state index in [-0.39, 0.29) is 11.8 Å². The van der Waals surface area contributed by atoms with Crippen LogP contribution in [0.2, 0.25) is 0 Å². The molecule has 1 N–H and O–H groups in total. The summed E-state index contributed by atoms with van der Waals surface area (Å²) in [6, 6.07) is 3.34. The second-order valence-corrected chi connectivity index (χ2v) is 5.15. The van der Waals surface area contributed by atoms with Crippen LogP contribution in [0.3, 0.4) is 0 Å². The Labute approximate surface area is 124 Å². The van der Waals surface area contributed by atoms with Crippen molar-refractivity contribution < 1.29 is 19.0 Å². The van der Waals surface area contributed by atoms with Crippen molar-refractivity contribution in [2.24, 2.45) is 5.41 Å². The molecule has 0 atom stereocenters. The van der Waals surface area contributed by atoms with Gasteiger partial charge in [-0.15, -0.1) is 11.6 Å². The first-order valence-electron chi connectivity index (χ1n) is 6.07. The molecule has 6 heteroatoms. The van der Waals surface area contributed by atoms with E-state index in [0.29, 0.717) is 22.9 Å². The molecule has 0 saturated carbocycles. The number of anilines is 1. The normalized spacial score (nSPS) is 10.9. The summed E-state index contributed by atoms with van der Waals surface area (Å²) in [6.45, 7) is 3.54. The highest BCUT2D eigenvalue weighted by molar-refractivity contribution is 6.20. The summed E-state index contributed by atoms with van der Waals surface area (Å²) in [5.41, 5.74) is -0.107. The number of hydrogen-bond donors (Lipinski definition) is 1. The van der Waals surface area contributed by atoms with Gasteiger partial charge < -0.3 is 19.5 Å². The van der Waals surface area contributed by atoms with E-state index in [4.69, 9.17) is 25.8 Å². The van der Waals surface area contributed by atoms with E-state index in [2.05, 4.69) is 5.32 Å². The summed E-state index contributed by atoms with van der Waals surface area (Å²) in [5.74, 6) is 1.48. The number of ether oxygens (including phenoxy) is 3. The maximum atomic E-state index is 12.1. The smallest absolute Gasteiger partial charge is 0.231 e. The molecule has 0 aliphatic rings. The second kappa shape index (κ2) is 6.70. The van der Waals surface area contributed by atoms with Gasteiger partial charge in [-0.3, -0.25) is 4.79 Å². The van der Waals surface area contributed by atoms with Crippen molar-refractivity contribution in [2.75, 3.05) is 32.5 Å². The lowest BCUT2D eigenvalue weighted by Gasteiger charge is -2.21. The van der Waals surface area contributed by atoms with Crippen molar-refractivity contribution in [2.45, 2.75) is 13.8 Å². The van der Waals surface area contributed by atoms with Gasteiger partial charge >= 0.3 is 0 Å². The monoisotopic (exact) mass is 301 g/mol. The zero-order valence-corrected chi connectivity index (χ0v) is 13.1. The Hall–Kier alpha value is -1.62. The van der Waals surface area contributed by atoms with Crippen molar-refractivity contribution in [3.8, 4) is 17.2 Å². The van der Waals surface area contributed by atoms with E-state index < -0.39 is 5.41 Å².